The predicted octanol–water partition coefficient (Wildman–Crippen LogP) is 5.60. The molecular formula is C24H29NO3. The number of amides is 1. The lowest BCUT2D eigenvalue weighted by atomic mass is 9.95. The SMILES string of the molecule is C=CCOC(=O)N(C)CC[C@@H]1C[C@@H](C)c2cc(-c3ccc(OC)cc3)ccc21. The molecule has 0 spiro atoms. The first-order chi connectivity index (χ1) is 13.5. The summed E-state index contributed by atoms with van der Waals surface area (Å²) in [6, 6.07) is 15.0. The summed E-state index contributed by atoms with van der Waals surface area (Å²) in [5, 5.41) is 0. The minimum absolute atomic E-state index is 0.251. The summed E-state index contributed by atoms with van der Waals surface area (Å²) in [6.45, 7) is 6.80. The molecule has 0 radical (unpaired) electrons. The van der Waals surface area contributed by atoms with Crippen LogP contribution in [0.4, 0.5) is 4.79 Å². The average molecular weight is 380 g/mol. The topological polar surface area (TPSA) is 38.8 Å². The van der Waals surface area contributed by atoms with Gasteiger partial charge in [-0.15, -0.1) is 0 Å². The molecule has 1 aliphatic rings. The van der Waals surface area contributed by atoms with Gasteiger partial charge in [-0.1, -0.05) is 49.9 Å². The Morgan fingerprint density at radius 3 is 2.57 bits per heavy atom. The van der Waals surface area contributed by atoms with Crippen molar-refractivity contribution in [1.29, 1.82) is 0 Å². The fourth-order valence-electron chi connectivity index (χ4n) is 3.97. The van der Waals surface area contributed by atoms with Crippen LogP contribution in [-0.2, 0) is 4.74 Å². The van der Waals surface area contributed by atoms with Gasteiger partial charge < -0.3 is 14.4 Å². The zero-order valence-corrected chi connectivity index (χ0v) is 17.0. The van der Waals surface area contributed by atoms with Crippen LogP contribution in [0.25, 0.3) is 11.1 Å². The molecule has 0 unspecified atom stereocenters. The van der Waals surface area contributed by atoms with E-state index in [1.165, 1.54) is 22.3 Å². The molecule has 148 valence electrons. The minimum atomic E-state index is -0.291. The molecule has 28 heavy (non-hydrogen) atoms. The largest absolute Gasteiger partial charge is 0.497 e. The molecule has 2 aromatic carbocycles. The summed E-state index contributed by atoms with van der Waals surface area (Å²) in [4.78, 5) is 13.6. The molecule has 3 rings (SSSR count). The van der Waals surface area contributed by atoms with Crippen LogP contribution in [0.1, 0.15) is 42.7 Å². The highest BCUT2D eigenvalue weighted by Gasteiger charge is 2.28. The molecule has 0 fully saturated rings. The maximum Gasteiger partial charge on any atom is 0.409 e. The van der Waals surface area contributed by atoms with Crippen molar-refractivity contribution in [3.05, 3.63) is 66.2 Å². The Bertz CT molecular complexity index is 828. The van der Waals surface area contributed by atoms with Crippen molar-refractivity contribution in [2.24, 2.45) is 0 Å². The zero-order valence-electron chi connectivity index (χ0n) is 17.0. The van der Waals surface area contributed by atoms with Crippen LogP contribution in [0.3, 0.4) is 0 Å². The number of rotatable bonds is 7. The Balaban J connectivity index is 1.69. The molecule has 0 bridgehead atoms. The van der Waals surface area contributed by atoms with Crippen LogP contribution in [0.15, 0.2) is 55.1 Å². The molecule has 4 nitrogen and oxygen atoms in total. The van der Waals surface area contributed by atoms with E-state index in [9.17, 15) is 4.79 Å². The van der Waals surface area contributed by atoms with Crippen LogP contribution >= 0.6 is 0 Å². The lowest BCUT2D eigenvalue weighted by molar-refractivity contribution is 0.120. The van der Waals surface area contributed by atoms with Gasteiger partial charge in [0, 0.05) is 13.6 Å². The highest BCUT2D eigenvalue weighted by Crippen LogP contribution is 2.44. The van der Waals surface area contributed by atoms with Crippen LogP contribution in [-0.4, -0.2) is 38.3 Å². The first kappa shape index (κ1) is 20.0. The summed E-state index contributed by atoms with van der Waals surface area (Å²) in [5.41, 5.74) is 5.27. The molecule has 0 aliphatic heterocycles. The van der Waals surface area contributed by atoms with Crippen LogP contribution in [0.5, 0.6) is 5.75 Å². The maximum atomic E-state index is 11.9. The van der Waals surface area contributed by atoms with Crippen molar-refractivity contribution in [2.45, 2.75) is 31.6 Å². The van der Waals surface area contributed by atoms with Crippen LogP contribution in [0, 0.1) is 0 Å². The second-order valence-electron chi connectivity index (χ2n) is 7.48. The van der Waals surface area contributed by atoms with Gasteiger partial charge in [-0.25, -0.2) is 4.79 Å². The number of benzene rings is 2. The zero-order chi connectivity index (χ0) is 20.1. The quantitative estimate of drug-likeness (QED) is 0.588. The summed E-state index contributed by atoms with van der Waals surface area (Å²) in [6.07, 6.45) is 3.36. The third kappa shape index (κ3) is 4.38. The van der Waals surface area contributed by atoms with Crippen molar-refractivity contribution >= 4 is 6.09 Å². The smallest absolute Gasteiger partial charge is 0.409 e. The Kier molecular flexibility index (Phi) is 6.40. The lowest BCUT2D eigenvalue weighted by Crippen LogP contribution is -2.29. The van der Waals surface area contributed by atoms with Crippen molar-refractivity contribution in [3.63, 3.8) is 0 Å². The molecule has 0 aromatic heterocycles. The van der Waals surface area contributed by atoms with Gasteiger partial charge in [-0.05, 0) is 59.1 Å². The Hall–Kier alpha value is -2.75. The van der Waals surface area contributed by atoms with Crippen molar-refractivity contribution < 1.29 is 14.3 Å². The Labute approximate surface area is 167 Å². The summed E-state index contributed by atoms with van der Waals surface area (Å²) < 4.78 is 10.4. The number of hydrogen-bond acceptors (Lipinski definition) is 3. The van der Waals surface area contributed by atoms with Gasteiger partial charge in [-0.2, -0.15) is 0 Å². The van der Waals surface area contributed by atoms with Gasteiger partial charge >= 0.3 is 6.09 Å². The van der Waals surface area contributed by atoms with Gasteiger partial charge in [0.05, 0.1) is 7.11 Å². The maximum absolute atomic E-state index is 11.9. The predicted molar refractivity (Wildman–Crippen MR) is 113 cm³/mol. The molecule has 1 amide bonds. The molecular weight excluding hydrogens is 350 g/mol. The summed E-state index contributed by atoms with van der Waals surface area (Å²) >= 11 is 0. The number of methoxy groups -OCH3 is 1. The monoisotopic (exact) mass is 379 g/mol. The lowest BCUT2D eigenvalue weighted by Gasteiger charge is -2.19. The summed E-state index contributed by atoms with van der Waals surface area (Å²) in [7, 11) is 3.47. The first-order valence-electron chi connectivity index (χ1n) is 9.80. The van der Waals surface area contributed by atoms with Gasteiger partial charge in [0.1, 0.15) is 12.4 Å². The molecule has 0 N–H and O–H groups in total. The molecule has 0 heterocycles. The third-order valence-corrected chi connectivity index (χ3v) is 5.57. The van der Waals surface area contributed by atoms with E-state index in [0.717, 1.165) is 18.6 Å². The van der Waals surface area contributed by atoms with E-state index in [0.29, 0.717) is 18.4 Å². The van der Waals surface area contributed by atoms with E-state index < -0.39 is 0 Å². The fraction of sp³-hybridized carbons (Fsp3) is 0.375. The Morgan fingerprint density at radius 1 is 1.18 bits per heavy atom. The number of fused-ring (bicyclic) bond motifs is 1. The number of carbonyl (C=O) groups excluding carboxylic acids is 1. The van der Waals surface area contributed by atoms with Crippen LogP contribution in [0.2, 0.25) is 0 Å². The van der Waals surface area contributed by atoms with Crippen LogP contribution < -0.4 is 4.74 Å². The van der Waals surface area contributed by atoms with E-state index in [2.05, 4.69) is 43.8 Å². The van der Waals surface area contributed by atoms with Gasteiger partial charge in [0.15, 0.2) is 0 Å². The average Bonchev–Trinajstić information content (AvgIpc) is 3.05. The summed E-state index contributed by atoms with van der Waals surface area (Å²) in [5.74, 6) is 1.87. The van der Waals surface area contributed by atoms with Gasteiger partial charge in [0.2, 0.25) is 0 Å². The first-order valence-corrected chi connectivity index (χ1v) is 9.80. The number of hydrogen-bond donors (Lipinski definition) is 0. The van der Waals surface area contributed by atoms with Gasteiger partial charge in [0.25, 0.3) is 0 Å². The van der Waals surface area contributed by atoms with E-state index in [1.807, 2.05) is 12.1 Å². The Morgan fingerprint density at radius 2 is 1.89 bits per heavy atom. The van der Waals surface area contributed by atoms with Crippen molar-refractivity contribution in [2.75, 3.05) is 27.3 Å². The van der Waals surface area contributed by atoms with Gasteiger partial charge in [-0.3, -0.25) is 0 Å². The molecule has 0 saturated heterocycles. The molecule has 1 aliphatic carbocycles. The van der Waals surface area contributed by atoms with Crippen molar-refractivity contribution in [1.82, 2.24) is 4.90 Å². The van der Waals surface area contributed by atoms with E-state index in [1.54, 1.807) is 25.1 Å². The van der Waals surface area contributed by atoms with Crippen molar-refractivity contribution in [3.8, 4) is 16.9 Å². The molecule has 0 saturated carbocycles. The second-order valence-corrected chi connectivity index (χ2v) is 7.48. The number of nitrogens with zero attached hydrogens (tertiary/aromatic N) is 1. The second kappa shape index (κ2) is 8.96. The highest BCUT2D eigenvalue weighted by molar-refractivity contribution is 5.68. The van der Waals surface area contributed by atoms with E-state index in [4.69, 9.17) is 9.47 Å². The highest BCUT2D eigenvalue weighted by atomic mass is 16.6. The molecule has 2 aromatic rings. The van der Waals surface area contributed by atoms with E-state index in [-0.39, 0.29) is 12.7 Å². The molecule has 4 heteroatoms. The minimum Gasteiger partial charge on any atom is -0.497 e. The normalized spacial score (nSPS) is 17.7. The van der Waals surface area contributed by atoms with E-state index >= 15 is 0 Å². The number of carbonyl (C=O) groups is 1. The standard InChI is InChI=1S/C24H29NO3/c1-5-14-28-24(26)25(3)13-12-20-15-17(2)23-16-19(8-11-22(20)23)18-6-9-21(27-4)10-7-18/h5-11,16-17,20H,1,12-15H2,2-4H3/t17-,20-/m1/s1. The number of ether oxygens (including phenoxy) is 2. The third-order valence-electron chi connectivity index (χ3n) is 5.57. The fourth-order valence-corrected chi connectivity index (χ4v) is 3.97. The molecule has 2 atom stereocenters.